The summed E-state index contributed by atoms with van der Waals surface area (Å²) in [4.78, 5) is 14.1. The van der Waals surface area contributed by atoms with Gasteiger partial charge in [0.15, 0.2) is 0 Å². The lowest BCUT2D eigenvalue weighted by Crippen LogP contribution is -2.38. The molecular weight excluding hydrogens is 338 g/mol. The summed E-state index contributed by atoms with van der Waals surface area (Å²) >= 11 is 0. The highest BCUT2D eigenvalue weighted by molar-refractivity contribution is 7.89. The second-order valence-electron chi connectivity index (χ2n) is 7.40. The number of hydrogen-bond acceptors (Lipinski definition) is 5. The van der Waals surface area contributed by atoms with Gasteiger partial charge in [-0.3, -0.25) is 0 Å². The van der Waals surface area contributed by atoms with Crippen molar-refractivity contribution in [3.63, 3.8) is 0 Å². The second-order valence-corrected chi connectivity index (χ2v) is 9.19. The largest absolute Gasteiger partial charge is 0.356 e. The van der Waals surface area contributed by atoms with Crippen LogP contribution in [0.25, 0.3) is 11.0 Å². The third-order valence-corrected chi connectivity index (χ3v) is 7.01. The van der Waals surface area contributed by atoms with E-state index in [9.17, 15) is 8.42 Å². The molecule has 2 fully saturated rings. The van der Waals surface area contributed by atoms with Gasteiger partial charge >= 0.3 is 0 Å². The Morgan fingerprint density at radius 2 is 1.96 bits per heavy atom. The summed E-state index contributed by atoms with van der Waals surface area (Å²) in [6.07, 6.45) is 9.33. The Bertz CT molecular complexity index is 838. The van der Waals surface area contributed by atoms with Gasteiger partial charge in [0, 0.05) is 25.3 Å². The minimum Gasteiger partial charge on any atom is -0.356 e. The van der Waals surface area contributed by atoms with Gasteiger partial charge < -0.3 is 9.88 Å². The summed E-state index contributed by atoms with van der Waals surface area (Å²) < 4.78 is 27.1. The third kappa shape index (κ3) is 3.79. The van der Waals surface area contributed by atoms with E-state index in [0.29, 0.717) is 6.04 Å². The number of anilines is 1. The van der Waals surface area contributed by atoms with E-state index >= 15 is 0 Å². The number of hydrogen-bond donors (Lipinski definition) is 2. The predicted molar refractivity (Wildman–Crippen MR) is 98.0 cm³/mol. The Morgan fingerprint density at radius 3 is 2.68 bits per heavy atom. The average molecular weight is 363 g/mol. The average Bonchev–Trinajstić information content (AvgIpc) is 3.25. The fourth-order valence-corrected chi connectivity index (χ4v) is 5.62. The van der Waals surface area contributed by atoms with Crippen LogP contribution < -0.4 is 9.62 Å². The Morgan fingerprint density at radius 1 is 1.20 bits per heavy atom. The van der Waals surface area contributed by atoms with Crippen molar-refractivity contribution in [1.29, 1.82) is 0 Å². The first kappa shape index (κ1) is 16.8. The van der Waals surface area contributed by atoms with Gasteiger partial charge in [0.1, 0.15) is 17.8 Å². The van der Waals surface area contributed by atoms with Crippen LogP contribution in [0.4, 0.5) is 5.82 Å². The number of nitrogens with zero attached hydrogens (tertiary/aromatic N) is 3. The van der Waals surface area contributed by atoms with Crippen molar-refractivity contribution in [2.24, 2.45) is 5.92 Å². The Hall–Kier alpha value is -1.67. The van der Waals surface area contributed by atoms with Crippen LogP contribution in [0.3, 0.4) is 0 Å². The van der Waals surface area contributed by atoms with Gasteiger partial charge in [-0.1, -0.05) is 0 Å². The highest BCUT2D eigenvalue weighted by Crippen LogP contribution is 2.32. The number of aromatic nitrogens is 3. The van der Waals surface area contributed by atoms with Gasteiger partial charge in [-0.05, 0) is 50.5 Å². The Labute approximate surface area is 148 Å². The van der Waals surface area contributed by atoms with Crippen molar-refractivity contribution in [3.8, 4) is 0 Å². The molecule has 0 atom stereocenters. The molecule has 0 spiro atoms. The SMILES string of the molecule is CN(c1ncnc2[nH]ccc12)[C@H]1CC[C@H](CS(=O)(=O)NC2CC2)CC1. The van der Waals surface area contributed by atoms with E-state index in [1.165, 1.54) is 0 Å². The Balaban J connectivity index is 1.37. The van der Waals surface area contributed by atoms with E-state index in [1.54, 1.807) is 6.33 Å². The minimum atomic E-state index is -3.12. The number of H-pyrrole nitrogens is 1. The minimum absolute atomic E-state index is 0.203. The molecule has 8 heteroatoms. The first-order valence-electron chi connectivity index (χ1n) is 9.03. The van der Waals surface area contributed by atoms with Crippen molar-refractivity contribution in [2.75, 3.05) is 17.7 Å². The number of aromatic amines is 1. The Kier molecular flexibility index (Phi) is 4.41. The molecule has 0 saturated heterocycles. The molecular formula is C17H25N5O2S. The molecule has 2 N–H and O–H groups in total. The van der Waals surface area contributed by atoms with Crippen molar-refractivity contribution in [3.05, 3.63) is 18.6 Å². The molecule has 0 amide bonds. The third-order valence-electron chi connectivity index (χ3n) is 5.41. The van der Waals surface area contributed by atoms with Gasteiger partial charge in [-0.15, -0.1) is 0 Å². The number of rotatable bonds is 6. The van der Waals surface area contributed by atoms with Gasteiger partial charge in [-0.25, -0.2) is 23.1 Å². The van der Waals surface area contributed by atoms with Crippen molar-refractivity contribution in [1.82, 2.24) is 19.7 Å². The fourth-order valence-electron chi connectivity index (χ4n) is 3.83. The van der Waals surface area contributed by atoms with Crippen LogP contribution in [-0.2, 0) is 10.0 Å². The second kappa shape index (κ2) is 6.57. The first-order chi connectivity index (χ1) is 12.0. The molecule has 2 heterocycles. The lowest BCUT2D eigenvalue weighted by atomic mass is 9.86. The number of nitrogens with one attached hydrogen (secondary N) is 2. The predicted octanol–water partition coefficient (Wildman–Crippen LogP) is 2.03. The molecule has 0 aliphatic heterocycles. The van der Waals surface area contributed by atoms with E-state index < -0.39 is 10.0 Å². The normalized spacial score (nSPS) is 24.5. The molecule has 25 heavy (non-hydrogen) atoms. The monoisotopic (exact) mass is 363 g/mol. The molecule has 2 aromatic heterocycles. The van der Waals surface area contributed by atoms with E-state index in [1.807, 2.05) is 12.3 Å². The van der Waals surface area contributed by atoms with Gasteiger partial charge in [0.25, 0.3) is 0 Å². The van der Waals surface area contributed by atoms with E-state index in [0.717, 1.165) is 55.4 Å². The van der Waals surface area contributed by atoms with Crippen LogP contribution >= 0.6 is 0 Å². The molecule has 7 nitrogen and oxygen atoms in total. The highest BCUT2D eigenvalue weighted by atomic mass is 32.2. The molecule has 0 unspecified atom stereocenters. The quantitative estimate of drug-likeness (QED) is 0.819. The zero-order valence-electron chi connectivity index (χ0n) is 14.5. The van der Waals surface area contributed by atoms with E-state index in [2.05, 4.69) is 31.6 Å². The van der Waals surface area contributed by atoms with Crippen molar-refractivity contribution < 1.29 is 8.42 Å². The molecule has 2 aliphatic carbocycles. The van der Waals surface area contributed by atoms with Crippen LogP contribution in [0.5, 0.6) is 0 Å². The van der Waals surface area contributed by atoms with Crippen LogP contribution in [0, 0.1) is 5.92 Å². The zero-order valence-corrected chi connectivity index (χ0v) is 15.3. The summed E-state index contributed by atoms with van der Waals surface area (Å²) in [5, 5.41) is 1.03. The van der Waals surface area contributed by atoms with E-state index in [4.69, 9.17) is 0 Å². The molecule has 2 saturated carbocycles. The first-order valence-corrected chi connectivity index (χ1v) is 10.7. The molecule has 0 bridgehead atoms. The van der Waals surface area contributed by atoms with Crippen molar-refractivity contribution >= 4 is 26.9 Å². The lowest BCUT2D eigenvalue weighted by Gasteiger charge is -2.35. The van der Waals surface area contributed by atoms with Crippen molar-refractivity contribution in [2.45, 2.75) is 50.6 Å². The van der Waals surface area contributed by atoms with Crippen LogP contribution in [0.15, 0.2) is 18.6 Å². The van der Waals surface area contributed by atoms with Gasteiger partial charge in [-0.2, -0.15) is 0 Å². The highest BCUT2D eigenvalue weighted by Gasteiger charge is 2.31. The molecule has 2 aromatic rings. The maximum atomic E-state index is 12.2. The molecule has 4 rings (SSSR count). The van der Waals surface area contributed by atoms with Crippen LogP contribution in [-0.4, -0.2) is 48.3 Å². The number of sulfonamides is 1. The lowest BCUT2D eigenvalue weighted by molar-refractivity contribution is 0.340. The summed E-state index contributed by atoms with van der Waals surface area (Å²) in [5.74, 6) is 1.48. The van der Waals surface area contributed by atoms with Gasteiger partial charge in [0.05, 0.1) is 11.1 Å². The maximum Gasteiger partial charge on any atom is 0.212 e. The van der Waals surface area contributed by atoms with Crippen LogP contribution in [0.1, 0.15) is 38.5 Å². The topological polar surface area (TPSA) is 91.0 Å². The molecule has 0 aromatic carbocycles. The fraction of sp³-hybridized carbons (Fsp3) is 0.647. The smallest absolute Gasteiger partial charge is 0.212 e. The van der Waals surface area contributed by atoms with Gasteiger partial charge in [0.2, 0.25) is 10.0 Å². The molecule has 2 aliphatic rings. The van der Waals surface area contributed by atoms with Crippen LogP contribution in [0.2, 0.25) is 0 Å². The molecule has 0 radical (unpaired) electrons. The summed E-state index contributed by atoms with van der Waals surface area (Å²) in [6, 6.07) is 2.60. The van der Waals surface area contributed by atoms with E-state index in [-0.39, 0.29) is 17.7 Å². The maximum absolute atomic E-state index is 12.2. The standard InChI is InChI=1S/C17H25N5O2S/c1-22(17-15-8-9-18-16(15)19-11-20-17)14-6-2-12(3-7-14)10-25(23,24)21-13-4-5-13/h8-9,11-14,21H,2-7,10H2,1H3,(H,18,19,20)/t12-,14-. The molecule has 136 valence electrons. The summed E-state index contributed by atoms with van der Waals surface area (Å²) in [7, 11) is -1.04. The number of fused-ring (bicyclic) bond motifs is 1. The summed E-state index contributed by atoms with van der Waals surface area (Å²) in [5.41, 5.74) is 0.850. The zero-order chi connectivity index (χ0) is 17.4. The summed E-state index contributed by atoms with van der Waals surface area (Å²) in [6.45, 7) is 0.